The average molecular weight is 317 g/mol. The molecule has 0 radical (unpaired) electrons. The lowest BCUT2D eigenvalue weighted by Crippen LogP contribution is -2.54. The van der Waals surface area contributed by atoms with Gasteiger partial charge in [0.15, 0.2) is 0 Å². The molecular formula is C23H40. The fraction of sp³-hybridized carbons (Fsp3) is 1.00. The van der Waals surface area contributed by atoms with Crippen LogP contribution in [0.1, 0.15) is 98.8 Å². The lowest BCUT2D eigenvalue weighted by molar-refractivity contribution is -0.126. The molecule has 132 valence electrons. The summed E-state index contributed by atoms with van der Waals surface area (Å²) < 4.78 is 0. The highest BCUT2D eigenvalue weighted by Crippen LogP contribution is 2.68. The Morgan fingerprint density at radius 2 is 1.48 bits per heavy atom. The van der Waals surface area contributed by atoms with E-state index in [0.29, 0.717) is 16.2 Å². The predicted molar refractivity (Wildman–Crippen MR) is 99.3 cm³/mol. The molecule has 0 bridgehead atoms. The average Bonchev–Trinajstić information content (AvgIpc) is 2.84. The first-order chi connectivity index (χ1) is 10.8. The van der Waals surface area contributed by atoms with Gasteiger partial charge in [0.2, 0.25) is 0 Å². The Hall–Kier alpha value is 0. The highest BCUT2D eigenvalue weighted by atomic mass is 14.6. The zero-order valence-corrected chi connectivity index (χ0v) is 16.5. The van der Waals surface area contributed by atoms with Crippen molar-refractivity contribution in [1.29, 1.82) is 0 Å². The summed E-state index contributed by atoms with van der Waals surface area (Å²) in [6, 6.07) is 0. The number of hydrogen-bond acceptors (Lipinski definition) is 0. The molecule has 0 spiro atoms. The monoisotopic (exact) mass is 316 g/mol. The zero-order valence-electron chi connectivity index (χ0n) is 16.5. The van der Waals surface area contributed by atoms with Crippen molar-refractivity contribution >= 4 is 0 Å². The molecule has 0 aromatic rings. The molecule has 0 N–H and O–H groups in total. The van der Waals surface area contributed by atoms with Crippen LogP contribution in [0.25, 0.3) is 0 Å². The molecule has 0 aliphatic heterocycles. The van der Waals surface area contributed by atoms with E-state index in [4.69, 9.17) is 0 Å². The van der Waals surface area contributed by atoms with E-state index in [2.05, 4.69) is 34.6 Å². The molecule has 4 rings (SSSR count). The van der Waals surface area contributed by atoms with E-state index in [1.807, 2.05) is 0 Å². The van der Waals surface area contributed by atoms with Gasteiger partial charge in [0.1, 0.15) is 0 Å². The summed E-state index contributed by atoms with van der Waals surface area (Å²) in [6.07, 6.45) is 15.2. The van der Waals surface area contributed by atoms with Crippen LogP contribution in [0.15, 0.2) is 0 Å². The van der Waals surface area contributed by atoms with Gasteiger partial charge in [-0.2, -0.15) is 0 Å². The van der Waals surface area contributed by atoms with Crippen molar-refractivity contribution < 1.29 is 0 Å². The summed E-state index contributed by atoms with van der Waals surface area (Å²) >= 11 is 0. The summed E-state index contributed by atoms with van der Waals surface area (Å²) in [5, 5.41) is 0. The molecule has 0 saturated heterocycles. The van der Waals surface area contributed by atoms with Crippen LogP contribution in [-0.2, 0) is 0 Å². The van der Waals surface area contributed by atoms with E-state index in [9.17, 15) is 0 Å². The van der Waals surface area contributed by atoms with Crippen molar-refractivity contribution in [3.63, 3.8) is 0 Å². The molecule has 0 nitrogen and oxygen atoms in total. The van der Waals surface area contributed by atoms with E-state index in [0.717, 1.165) is 29.6 Å². The van der Waals surface area contributed by atoms with Gasteiger partial charge < -0.3 is 0 Å². The second-order valence-corrected chi connectivity index (χ2v) is 11.3. The van der Waals surface area contributed by atoms with Crippen LogP contribution in [0.5, 0.6) is 0 Å². The second-order valence-electron chi connectivity index (χ2n) is 11.3. The first-order valence-corrected chi connectivity index (χ1v) is 10.8. The van der Waals surface area contributed by atoms with Gasteiger partial charge >= 0.3 is 0 Å². The molecule has 0 aromatic carbocycles. The third-order valence-electron chi connectivity index (χ3n) is 9.89. The minimum Gasteiger partial charge on any atom is -0.0651 e. The Balaban J connectivity index is 1.60. The summed E-state index contributed by atoms with van der Waals surface area (Å²) in [5.41, 5.74) is 2.00. The Morgan fingerprint density at radius 3 is 2.22 bits per heavy atom. The van der Waals surface area contributed by atoms with Gasteiger partial charge in [0, 0.05) is 0 Å². The zero-order chi connectivity index (χ0) is 16.5. The van der Waals surface area contributed by atoms with Crippen molar-refractivity contribution in [2.24, 2.45) is 45.8 Å². The third kappa shape index (κ3) is 2.29. The maximum Gasteiger partial charge on any atom is -0.0266 e. The maximum absolute atomic E-state index is 2.72. The van der Waals surface area contributed by atoms with Crippen LogP contribution in [0.4, 0.5) is 0 Å². The van der Waals surface area contributed by atoms with Crippen molar-refractivity contribution in [2.45, 2.75) is 98.8 Å². The van der Waals surface area contributed by atoms with Crippen LogP contribution >= 0.6 is 0 Å². The predicted octanol–water partition coefficient (Wildman–Crippen LogP) is 7.08. The molecule has 4 aliphatic carbocycles. The van der Waals surface area contributed by atoms with Crippen LogP contribution in [0, 0.1) is 45.8 Å². The fourth-order valence-corrected chi connectivity index (χ4v) is 8.42. The first-order valence-electron chi connectivity index (χ1n) is 10.8. The molecule has 0 aromatic heterocycles. The van der Waals surface area contributed by atoms with Crippen molar-refractivity contribution in [2.75, 3.05) is 0 Å². The molecule has 4 saturated carbocycles. The Kier molecular flexibility index (Phi) is 3.76. The van der Waals surface area contributed by atoms with Gasteiger partial charge in [-0.15, -0.1) is 0 Å². The number of hydrogen-bond donors (Lipinski definition) is 0. The van der Waals surface area contributed by atoms with E-state index >= 15 is 0 Å². The lowest BCUT2D eigenvalue weighted by atomic mass is 9.43. The fourth-order valence-electron chi connectivity index (χ4n) is 8.42. The van der Waals surface area contributed by atoms with Crippen molar-refractivity contribution in [1.82, 2.24) is 0 Å². The first kappa shape index (κ1) is 16.5. The molecule has 0 amide bonds. The van der Waals surface area contributed by atoms with Gasteiger partial charge in [-0.1, -0.05) is 41.0 Å². The third-order valence-corrected chi connectivity index (χ3v) is 9.89. The van der Waals surface area contributed by atoms with Crippen LogP contribution in [-0.4, -0.2) is 0 Å². The molecular weight excluding hydrogens is 276 g/mol. The minimum atomic E-state index is 0.612. The SMILES string of the molecule is CC[C@H]1CC[C@H]2[C@@H]3CCC4CC(C)(C)CC[C@]4(C)[C@H]3CC[C@]12C. The van der Waals surface area contributed by atoms with Gasteiger partial charge in [0.05, 0.1) is 0 Å². The molecule has 0 heterocycles. The second kappa shape index (κ2) is 5.25. The van der Waals surface area contributed by atoms with E-state index in [-0.39, 0.29) is 0 Å². The van der Waals surface area contributed by atoms with Gasteiger partial charge in [-0.3, -0.25) is 0 Å². The summed E-state index contributed by atoms with van der Waals surface area (Å²) in [7, 11) is 0. The summed E-state index contributed by atoms with van der Waals surface area (Å²) in [4.78, 5) is 0. The van der Waals surface area contributed by atoms with Crippen molar-refractivity contribution in [3.05, 3.63) is 0 Å². The Morgan fingerprint density at radius 1 is 0.739 bits per heavy atom. The number of fused-ring (bicyclic) bond motifs is 5. The number of rotatable bonds is 1. The topological polar surface area (TPSA) is 0 Å². The standard InChI is InChI=1S/C23H40/c1-6-16-8-10-19-18-9-7-17-15-21(2,3)13-14-23(17,5)20(18)11-12-22(16,19)4/h16-20H,6-15H2,1-5H3/t16-,17?,18-,19-,20-,22+,23-/m0/s1. The quantitative estimate of drug-likeness (QED) is 0.485. The molecule has 7 atom stereocenters. The lowest BCUT2D eigenvalue weighted by Gasteiger charge is -2.62. The van der Waals surface area contributed by atoms with E-state index < -0.39 is 0 Å². The molecule has 0 heteroatoms. The summed E-state index contributed by atoms with van der Waals surface area (Å²) in [6.45, 7) is 12.9. The van der Waals surface area contributed by atoms with Crippen LogP contribution in [0.3, 0.4) is 0 Å². The highest BCUT2D eigenvalue weighted by molar-refractivity contribution is 5.09. The van der Waals surface area contributed by atoms with E-state index in [1.54, 1.807) is 32.1 Å². The van der Waals surface area contributed by atoms with Crippen LogP contribution < -0.4 is 0 Å². The Labute approximate surface area is 145 Å². The van der Waals surface area contributed by atoms with Crippen molar-refractivity contribution in [3.8, 4) is 0 Å². The maximum atomic E-state index is 2.72. The molecule has 4 aliphatic rings. The normalized spacial score (nSPS) is 54.9. The highest BCUT2D eigenvalue weighted by Gasteiger charge is 2.60. The van der Waals surface area contributed by atoms with Gasteiger partial charge in [-0.25, -0.2) is 0 Å². The Bertz CT molecular complexity index is 463. The smallest absolute Gasteiger partial charge is 0.0266 e. The minimum absolute atomic E-state index is 0.612. The van der Waals surface area contributed by atoms with Gasteiger partial charge in [0.25, 0.3) is 0 Å². The van der Waals surface area contributed by atoms with Gasteiger partial charge in [-0.05, 0) is 104 Å². The molecule has 1 unspecified atom stereocenters. The summed E-state index contributed by atoms with van der Waals surface area (Å²) in [5.74, 6) is 5.27. The van der Waals surface area contributed by atoms with E-state index in [1.165, 1.54) is 32.1 Å². The van der Waals surface area contributed by atoms with Crippen LogP contribution in [0.2, 0.25) is 0 Å². The molecule has 23 heavy (non-hydrogen) atoms. The largest absolute Gasteiger partial charge is 0.0651 e. The molecule has 4 fully saturated rings.